The highest BCUT2D eigenvalue weighted by Crippen LogP contribution is 2.26. The van der Waals surface area contributed by atoms with E-state index in [1.165, 1.54) is 27.1 Å². The van der Waals surface area contributed by atoms with Crippen molar-refractivity contribution in [2.45, 2.75) is 20.0 Å². The summed E-state index contributed by atoms with van der Waals surface area (Å²) in [4.78, 5) is 0. The Hall–Kier alpha value is -1.86. The lowest BCUT2D eigenvalue weighted by atomic mass is 10.0. The summed E-state index contributed by atoms with van der Waals surface area (Å²) in [5.74, 6) is 0. The van der Waals surface area contributed by atoms with Crippen molar-refractivity contribution in [3.8, 4) is 0 Å². The van der Waals surface area contributed by atoms with Crippen LogP contribution in [0.5, 0.6) is 0 Å². The molecule has 0 aromatic heterocycles. The summed E-state index contributed by atoms with van der Waals surface area (Å²) < 4.78 is 5.66. The monoisotopic (exact) mass is 250 g/mol. The van der Waals surface area contributed by atoms with E-state index < -0.39 is 0 Å². The molecule has 0 aliphatic heterocycles. The van der Waals surface area contributed by atoms with E-state index >= 15 is 0 Å². The SMILES string of the molecule is CCOC(C)c1ccc2cc3ccccc3cc2c1. The molecule has 1 nitrogen and oxygen atoms in total. The van der Waals surface area contributed by atoms with Crippen LogP contribution in [-0.4, -0.2) is 6.61 Å². The number of hydrogen-bond acceptors (Lipinski definition) is 1. The highest BCUT2D eigenvalue weighted by molar-refractivity contribution is 5.98. The maximum absolute atomic E-state index is 5.66. The first-order valence-corrected chi connectivity index (χ1v) is 6.82. The van der Waals surface area contributed by atoms with Gasteiger partial charge in [0.25, 0.3) is 0 Å². The molecule has 96 valence electrons. The van der Waals surface area contributed by atoms with E-state index in [1.807, 2.05) is 6.92 Å². The van der Waals surface area contributed by atoms with E-state index in [2.05, 4.69) is 61.5 Å². The second-order valence-corrected chi connectivity index (χ2v) is 4.90. The lowest BCUT2D eigenvalue weighted by Crippen LogP contribution is -1.99. The number of fused-ring (bicyclic) bond motifs is 2. The van der Waals surface area contributed by atoms with Crippen LogP contribution in [0.3, 0.4) is 0 Å². The van der Waals surface area contributed by atoms with E-state index in [9.17, 15) is 0 Å². The van der Waals surface area contributed by atoms with Crippen LogP contribution in [0, 0.1) is 0 Å². The van der Waals surface area contributed by atoms with Gasteiger partial charge < -0.3 is 4.74 Å². The number of benzene rings is 3. The van der Waals surface area contributed by atoms with E-state index in [0.717, 1.165) is 6.61 Å². The van der Waals surface area contributed by atoms with Gasteiger partial charge in [-0.25, -0.2) is 0 Å². The van der Waals surface area contributed by atoms with Gasteiger partial charge in [-0.05, 0) is 59.2 Å². The van der Waals surface area contributed by atoms with Crippen LogP contribution in [0.25, 0.3) is 21.5 Å². The smallest absolute Gasteiger partial charge is 0.0796 e. The Kier molecular flexibility index (Phi) is 3.22. The minimum Gasteiger partial charge on any atom is -0.374 e. The Balaban J connectivity index is 2.14. The van der Waals surface area contributed by atoms with Crippen LogP contribution in [0.1, 0.15) is 25.5 Å². The Labute approximate surface area is 113 Å². The molecule has 0 fully saturated rings. The van der Waals surface area contributed by atoms with Crippen LogP contribution in [-0.2, 0) is 4.74 Å². The number of hydrogen-bond donors (Lipinski definition) is 0. The average molecular weight is 250 g/mol. The maximum Gasteiger partial charge on any atom is 0.0796 e. The van der Waals surface area contributed by atoms with E-state index in [0.29, 0.717) is 0 Å². The summed E-state index contributed by atoms with van der Waals surface area (Å²) in [6, 6.07) is 19.6. The van der Waals surface area contributed by atoms with Gasteiger partial charge in [0.2, 0.25) is 0 Å². The maximum atomic E-state index is 5.66. The fraction of sp³-hybridized carbons (Fsp3) is 0.222. The molecular weight excluding hydrogens is 232 g/mol. The molecule has 3 rings (SSSR count). The van der Waals surface area contributed by atoms with Gasteiger partial charge in [0.1, 0.15) is 0 Å². The van der Waals surface area contributed by atoms with E-state index in [1.54, 1.807) is 0 Å². The van der Waals surface area contributed by atoms with Crippen molar-refractivity contribution in [1.82, 2.24) is 0 Å². The lowest BCUT2D eigenvalue weighted by molar-refractivity contribution is 0.0765. The highest BCUT2D eigenvalue weighted by Gasteiger charge is 2.06. The molecule has 1 atom stereocenters. The summed E-state index contributed by atoms with van der Waals surface area (Å²) in [6.45, 7) is 4.88. The Bertz CT molecular complexity index is 715. The van der Waals surface area contributed by atoms with Gasteiger partial charge in [-0.3, -0.25) is 0 Å². The first kappa shape index (κ1) is 12.2. The first-order valence-electron chi connectivity index (χ1n) is 6.82. The van der Waals surface area contributed by atoms with Crippen molar-refractivity contribution < 1.29 is 4.74 Å². The zero-order chi connectivity index (χ0) is 13.2. The molecule has 3 aromatic carbocycles. The minimum atomic E-state index is 0.154. The highest BCUT2D eigenvalue weighted by atomic mass is 16.5. The summed E-state index contributed by atoms with van der Waals surface area (Å²) in [5, 5.41) is 5.14. The summed E-state index contributed by atoms with van der Waals surface area (Å²) in [5.41, 5.74) is 1.24. The third-order valence-corrected chi connectivity index (χ3v) is 3.61. The van der Waals surface area contributed by atoms with Gasteiger partial charge in [-0.2, -0.15) is 0 Å². The molecule has 0 spiro atoms. The summed E-state index contributed by atoms with van der Waals surface area (Å²) in [6.07, 6.45) is 0.154. The van der Waals surface area contributed by atoms with E-state index in [4.69, 9.17) is 4.74 Å². The molecule has 0 saturated heterocycles. The Morgan fingerprint density at radius 1 is 0.842 bits per heavy atom. The normalized spacial score (nSPS) is 12.9. The standard InChI is InChI=1S/C18H18O/c1-3-19-13(2)14-8-9-17-11-15-6-4-5-7-16(15)12-18(17)10-14/h4-13H,3H2,1-2H3. The molecule has 0 saturated carbocycles. The molecule has 0 radical (unpaired) electrons. The topological polar surface area (TPSA) is 9.23 Å². The number of rotatable bonds is 3. The summed E-state index contributed by atoms with van der Waals surface area (Å²) in [7, 11) is 0. The van der Waals surface area contributed by atoms with Gasteiger partial charge in [0.15, 0.2) is 0 Å². The second-order valence-electron chi connectivity index (χ2n) is 4.90. The third-order valence-electron chi connectivity index (χ3n) is 3.61. The molecule has 1 unspecified atom stereocenters. The van der Waals surface area contributed by atoms with Gasteiger partial charge in [0.05, 0.1) is 6.10 Å². The summed E-state index contributed by atoms with van der Waals surface area (Å²) >= 11 is 0. The van der Waals surface area contributed by atoms with Crippen LogP contribution < -0.4 is 0 Å². The zero-order valence-corrected chi connectivity index (χ0v) is 11.4. The Morgan fingerprint density at radius 3 is 2.16 bits per heavy atom. The van der Waals surface area contributed by atoms with Crippen LogP contribution in [0.4, 0.5) is 0 Å². The third kappa shape index (κ3) is 2.34. The van der Waals surface area contributed by atoms with Gasteiger partial charge in [-0.15, -0.1) is 0 Å². The fourth-order valence-corrected chi connectivity index (χ4v) is 2.56. The average Bonchev–Trinajstić information content (AvgIpc) is 2.44. The van der Waals surface area contributed by atoms with Crippen molar-refractivity contribution in [3.05, 3.63) is 60.2 Å². The quantitative estimate of drug-likeness (QED) is 0.588. The van der Waals surface area contributed by atoms with Gasteiger partial charge in [0, 0.05) is 6.61 Å². The molecule has 3 aromatic rings. The lowest BCUT2D eigenvalue weighted by Gasteiger charge is -2.13. The molecule has 0 aliphatic carbocycles. The van der Waals surface area contributed by atoms with Crippen molar-refractivity contribution in [1.29, 1.82) is 0 Å². The largest absolute Gasteiger partial charge is 0.374 e. The van der Waals surface area contributed by atoms with Crippen molar-refractivity contribution >= 4 is 21.5 Å². The molecule has 0 bridgehead atoms. The van der Waals surface area contributed by atoms with Crippen molar-refractivity contribution in [3.63, 3.8) is 0 Å². The predicted molar refractivity (Wildman–Crippen MR) is 81.5 cm³/mol. The van der Waals surface area contributed by atoms with Crippen LogP contribution >= 0.6 is 0 Å². The van der Waals surface area contributed by atoms with Crippen molar-refractivity contribution in [2.75, 3.05) is 6.61 Å². The van der Waals surface area contributed by atoms with Crippen LogP contribution in [0.2, 0.25) is 0 Å². The molecule has 0 amide bonds. The molecule has 19 heavy (non-hydrogen) atoms. The predicted octanol–water partition coefficient (Wildman–Crippen LogP) is 5.09. The van der Waals surface area contributed by atoms with Crippen molar-refractivity contribution in [2.24, 2.45) is 0 Å². The molecular formula is C18H18O. The number of ether oxygens (including phenoxy) is 1. The molecule has 0 heterocycles. The van der Waals surface area contributed by atoms with E-state index in [-0.39, 0.29) is 6.10 Å². The Morgan fingerprint density at radius 2 is 1.47 bits per heavy atom. The van der Waals surface area contributed by atoms with Gasteiger partial charge in [-0.1, -0.05) is 36.4 Å². The van der Waals surface area contributed by atoms with Crippen LogP contribution in [0.15, 0.2) is 54.6 Å². The zero-order valence-electron chi connectivity index (χ0n) is 11.4. The fourth-order valence-electron chi connectivity index (χ4n) is 2.56. The van der Waals surface area contributed by atoms with Gasteiger partial charge >= 0.3 is 0 Å². The second kappa shape index (κ2) is 5.02. The first-order chi connectivity index (χ1) is 9.28. The molecule has 0 N–H and O–H groups in total. The molecule has 0 aliphatic rings. The minimum absolute atomic E-state index is 0.154. The molecule has 1 heteroatoms.